The van der Waals surface area contributed by atoms with E-state index in [1.807, 2.05) is 4.90 Å². The van der Waals surface area contributed by atoms with Crippen molar-refractivity contribution in [2.45, 2.75) is 39.2 Å². The first-order valence-corrected chi connectivity index (χ1v) is 8.76. The van der Waals surface area contributed by atoms with E-state index in [4.69, 9.17) is 4.74 Å². The number of carbonyl (C=O) groups is 2. The summed E-state index contributed by atoms with van der Waals surface area (Å²) in [4.78, 5) is 26.0. The van der Waals surface area contributed by atoms with Gasteiger partial charge in [-0.3, -0.25) is 9.59 Å². The van der Waals surface area contributed by atoms with Crippen LogP contribution in [0.25, 0.3) is 0 Å². The summed E-state index contributed by atoms with van der Waals surface area (Å²) in [5.74, 6) is 0.590. The van der Waals surface area contributed by atoms with Crippen molar-refractivity contribution >= 4 is 11.7 Å². The molecule has 1 aromatic rings. The van der Waals surface area contributed by atoms with Gasteiger partial charge < -0.3 is 15.0 Å². The highest BCUT2D eigenvalue weighted by molar-refractivity contribution is 5.94. The maximum absolute atomic E-state index is 12.6. The van der Waals surface area contributed by atoms with Crippen LogP contribution in [-0.4, -0.2) is 48.9 Å². The number of rotatable bonds is 4. The molecule has 5 nitrogen and oxygen atoms in total. The molecule has 1 atom stereocenters. The molecule has 24 heavy (non-hydrogen) atoms. The Balaban J connectivity index is 1.57. The van der Waals surface area contributed by atoms with Gasteiger partial charge in [-0.25, -0.2) is 0 Å². The van der Waals surface area contributed by atoms with E-state index >= 15 is 0 Å². The van der Waals surface area contributed by atoms with Gasteiger partial charge in [0.25, 0.3) is 5.91 Å². The number of piperidine rings is 1. The fraction of sp³-hybridized carbons (Fsp3) is 0.579. The highest BCUT2D eigenvalue weighted by Gasteiger charge is 2.38. The molecule has 0 saturated carbocycles. The Morgan fingerprint density at radius 2 is 2.00 bits per heavy atom. The van der Waals surface area contributed by atoms with Gasteiger partial charge in [-0.05, 0) is 57.2 Å². The van der Waals surface area contributed by atoms with Crippen LogP contribution in [0.2, 0.25) is 0 Å². The van der Waals surface area contributed by atoms with E-state index in [0.29, 0.717) is 16.7 Å². The zero-order valence-electron chi connectivity index (χ0n) is 14.5. The fourth-order valence-electron chi connectivity index (χ4n) is 3.72. The molecule has 2 aliphatic rings. The fourth-order valence-corrected chi connectivity index (χ4v) is 3.72. The highest BCUT2D eigenvalue weighted by Crippen LogP contribution is 2.37. The molecule has 0 radical (unpaired) electrons. The first-order valence-electron chi connectivity index (χ1n) is 8.76. The lowest BCUT2D eigenvalue weighted by Gasteiger charge is -2.39. The zero-order valence-corrected chi connectivity index (χ0v) is 14.5. The highest BCUT2D eigenvalue weighted by atomic mass is 16.5. The Bertz CT molecular complexity index is 613. The van der Waals surface area contributed by atoms with Gasteiger partial charge in [-0.2, -0.15) is 0 Å². The predicted molar refractivity (Wildman–Crippen MR) is 92.3 cm³/mol. The summed E-state index contributed by atoms with van der Waals surface area (Å²) < 4.78 is 5.78. The first-order chi connectivity index (χ1) is 11.5. The molecule has 130 valence electrons. The minimum absolute atomic E-state index is 0.00840. The van der Waals surface area contributed by atoms with Crippen molar-refractivity contribution in [3.8, 4) is 5.75 Å². The quantitative estimate of drug-likeness (QED) is 0.861. The van der Waals surface area contributed by atoms with Crippen LogP contribution >= 0.6 is 0 Å². The lowest BCUT2D eigenvalue weighted by atomic mass is 9.78. The number of Topliss-reactive ketones (excluding diaryl/α,β-unsaturated/α-hetero) is 1. The minimum atomic E-state index is -0.539. The number of ether oxygens (including phenoxy) is 1. The standard InChI is InChI=1S/C19H26N2O3/c1-14(22)16-4-3-5-17(12-16)24-15(2)18(23)21-10-7-19(8-11-21)6-9-20-13-19/h3-5,12,15,20H,6-11,13H2,1-2H3. The average Bonchev–Trinajstić information content (AvgIpc) is 3.03. The number of hydrogen-bond acceptors (Lipinski definition) is 4. The van der Waals surface area contributed by atoms with Crippen molar-refractivity contribution in [2.24, 2.45) is 5.41 Å². The van der Waals surface area contributed by atoms with Gasteiger partial charge in [0.15, 0.2) is 11.9 Å². The van der Waals surface area contributed by atoms with Crippen LogP contribution in [0, 0.1) is 5.41 Å². The van der Waals surface area contributed by atoms with Gasteiger partial charge >= 0.3 is 0 Å². The summed E-state index contributed by atoms with van der Waals surface area (Å²) in [6, 6.07) is 7.01. The summed E-state index contributed by atoms with van der Waals surface area (Å²) in [6.45, 7) is 7.10. The molecule has 1 amide bonds. The van der Waals surface area contributed by atoms with Gasteiger partial charge in [-0.15, -0.1) is 0 Å². The van der Waals surface area contributed by atoms with E-state index in [1.54, 1.807) is 31.2 Å². The summed E-state index contributed by atoms with van der Waals surface area (Å²) in [6.07, 6.45) is 2.82. The third kappa shape index (κ3) is 3.61. The Labute approximate surface area is 143 Å². The van der Waals surface area contributed by atoms with E-state index in [-0.39, 0.29) is 11.7 Å². The van der Waals surface area contributed by atoms with Crippen LogP contribution in [0.5, 0.6) is 5.75 Å². The van der Waals surface area contributed by atoms with E-state index in [2.05, 4.69) is 5.32 Å². The van der Waals surface area contributed by atoms with Gasteiger partial charge in [0, 0.05) is 25.2 Å². The lowest BCUT2D eigenvalue weighted by Crippen LogP contribution is -2.48. The molecule has 2 aliphatic heterocycles. The van der Waals surface area contributed by atoms with Gasteiger partial charge in [-0.1, -0.05) is 12.1 Å². The van der Waals surface area contributed by atoms with Crippen molar-refractivity contribution in [3.63, 3.8) is 0 Å². The SMILES string of the molecule is CC(=O)c1cccc(OC(C)C(=O)N2CCC3(CCNC3)CC2)c1. The Hall–Kier alpha value is -1.88. The number of carbonyl (C=O) groups excluding carboxylic acids is 2. The molecule has 1 spiro atoms. The molecule has 5 heteroatoms. The van der Waals surface area contributed by atoms with E-state index < -0.39 is 6.10 Å². The van der Waals surface area contributed by atoms with Gasteiger partial charge in [0.2, 0.25) is 0 Å². The number of ketones is 1. The summed E-state index contributed by atoms with van der Waals surface area (Å²) in [7, 11) is 0. The van der Waals surface area contributed by atoms with Crippen LogP contribution < -0.4 is 10.1 Å². The molecule has 2 heterocycles. The van der Waals surface area contributed by atoms with E-state index in [0.717, 1.165) is 39.0 Å². The zero-order chi connectivity index (χ0) is 17.2. The van der Waals surface area contributed by atoms with Crippen LogP contribution in [0.4, 0.5) is 0 Å². The number of benzene rings is 1. The number of amides is 1. The minimum Gasteiger partial charge on any atom is -0.481 e. The Kier molecular flexibility index (Phi) is 4.90. The normalized spacial score (nSPS) is 20.8. The molecule has 0 aliphatic carbocycles. The van der Waals surface area contributed by atoms with E-state index in [9.17, 15) is 9.59 Å². The van der Waals surface area contributed by atoms with Crippen LogP contribution in [0.15, 0.2) is 24.3 Å². The summed E-state index contributed by atoms with van der Waals surface area (Å²) >= 11 is 0. The van der Waals surface area contributed by atoms with Crippen LogP contribution in [0.3, 0.4) is 0 Å². The third-order valence-electron chi connectivity index (χ3n) is 5.37. The maximum Gasteiger partial charge on any atom is 0.263 e. The summed E-state index contributed by atoms with van der Waals surface area (Å²) in [5, 5.41) is 3.44. The number of nitrogens with zero attached hydrogens (tertiary/aromatic N) is 1. The molecule has 1 N–H and O–H groups in total. The number of nitrogens with one attached hydrogen (secondary N) is 1. The molecular formula is C19H26N2O3. The second-order valence-electron chi connectivity index (χ2n) is 7.10. The van der Waals surface area contributed by atoms with Crippen molar-refractivity contribution in [3.05, 3.63) is 29.8 Å². The first kappa shape index (κ1) is 17.0. The predicted octanol–water partition coefficient (Wildman–Crippen LogP) is 2.26. The smallest absolute Gasteiger partial charge is 0.263 e. The second-order valence-corrected chi connectivity index (χ2v) is 7.10. The molecule has 3 rings (SSSR count). The lowest BCUT2D eigenvalue weighted by molar-refractivity contribution is -0.140. The van der Waals surface area contributed by atoms with Crippen LogP contribution in [0.1, 0.15) is 43.5 Å². The molecule has 0 aromatic heterocycles. The molecule has 2 saturated heterocycles. The van der Waals surface area contributed by atoms with Crippen LogP contribution in [-0.2, 0) is 4.79 Å². The molecular weight excluding hydrogens is 304 g/mol. The van der Waals surface area contributed by atoms with Crippen molar-refractivity contribution in [1.82, 2.24) is 10.2 Å². The van der Waals surface area contributed by atoms with Crippen molar-refractivity contribution < 1.29 is 14.3 Å². The van der Waals surface area contributed by atoms with E-state index in [1.165, 1.54) is 13.3 Å². The topological polar surface area (TPSA) is 58.6 Å². The van der Waals surface area contributed by atoms with Crippen molar-refractivity contribution in [2.75, 3.05) is 26.2 Å². The van der Waals surface area contributed by atoms with Gasteiger partial charge in [0.05, 0.1) is 0 Å². The summed E-state index contributed by atoms with van der Waals surface area (Å²) in [5.41, 5.74) is 0.997. The Morgan fingerprint density at radius 1 is 1.25 bits per heavy atom. The number of likely N-dealkylation sites (tertiary alicyclic amines) is 1. The maximum atomic E-state index is 12.6. The van der Waals surface area contributed by atoms with Crippen molar-refractivity contribution in [1.29, 1.82) is 0 Å². The molecule has 1 aromatic carbocycles. The average molecular weight is 330 g/mol. The van der Waals surface area contributed by atoms with Gasteiger partial charge in [0.1, 0.15) is 5.75 Å². The third-order valence-corrected chi connectivity index (χ3v) is 5.37. The number of hydrogen-bond donors (Lipinski definition) is 1. The second kappa shape index (κ2) is 6.93. The molecule has 0 bridgehead atoms. The largest absolute Gasteiger partial charge is 0.481 e. The Morgan fingerprint density at radius 3 is 2.62 bits per heavy atom. The molecule has 2 fully saturated rings. The monoisotopic (exact) mass is 330 g/mol. The molecule has 1 unspecified atom stereocenters.